The Bertz CT molecular complexity index is 1100. The van der Waals surface area contributed by atoms with E-state index in [1.165, 1.54) is 12.5 Å². The summed E-state index contributed by atoms with van der Waals surface area (Å²) < 4.78 is 10.5. The van der Waals surface area contributed by atoms with Crippen LogP contribution in [0, 0.1) is 0 Å². The Labute approximate surface area is 188 Å². The van der Waals surface area contributed by atoms with Crippen molar-refractivity contribution in [3.8, 4) is 5.75 Å². The molecule has 0 fully saturated rings. The maximum atomic E-state index is 12.0. The molecule has 3 amide bonds. The number of para-hydroxylation sites is 1. The van der Waals surface area contributed by atoms with Gasteiger partial charge in [0.1, 0.15) is 11.5 Å². The van der Waals surface area contributed by atoms with Gasteiger partial charge in [-0.15, -0.1) is 0 Å². The molecule has 0 atom stereocenters. The number of benzene rings is 2. The molecule has 164 valence electrons. The highest BCUT2D eigenvalue weighted by Gasteiger charge is 2.12. The third-order valence-corrected chi connectivity index (χ3v) is 4.32. The molecule has 0 spiro atoms. The number of halogens is 1. The number of ether oxygens (including phenoxy) is 1. The number of furan rings is 1. The van der Waals surface area contributed by atoms with Gasteiger partial charge in [-0.3, -0.25) is 14.4 Å². The highest BCUT2D eigenvalue weighted by atomic mass is 35.5. The second-order valence-corrected chi connectivity index (χ2v) is 6.75. The first kappa shape index (κ1) is 22.6. The number of amides is 3. The molecule has 32 heavy (non-hydrogen) atoms. The summed E-state index contributed by atoms with van der Waals surface area (Å²) in [6, 6.07) is 16.9. The van der Waals surface area contributed by atoms with E-state index in [4.69, 9.17) is 20.8 Å². The van der Waals surface area contributed by atoms with Crippen molar-refractivity contribution in [1.29, 1.82) is 0 Å². The number of hydrogen-bond donors (Lipinski definition) is 3. The van der Waals surface area contributed by atoms with Crippen LogP contribution in [0.3, 0.4) is 0 Å². The lowest BCUT2D eigenvalue weighted by molar-refractivity contribution is -0.139. The van der Waals surface area contributed by atoms with Crippen LogP contribution in [0.1, 0.15) is 11.3 Å². The molecule has 3 rings (SSSR count). The van der Waals surface area contributed by atoms with Gasteiger partial charge in [-0.1, -0.05) is 23.7 Å². The lowest BCUT2D eigenvalue weighted by Crippen LogP contribution is -2.37. The van der Waals surface area contributed by atoms with E-state index >= 15 is 0 Å². The Kier molecular flexibility index (Phi) is 7.99. The molecule has 1 heterocycles. The van der Waals surface area contributed by atoms with E-state index in [1.807, 2.05) is 0 Å². The van der Waals surface area contributed by atoms with Crippen LogP contribution in [0.4, 0.5) is 5.69 Å². The van der Waals surface area contributed by atoms with Crippen LogP contribution in [-0.2, 0) is 20.9 Å². The molecule has 9 nitrogen and oxygen atoms in total. The summed E-state index contributed by atoms with van der Waals surface area (Å²) in [5.41, 5.74) is 3.29. The summed E-state index contributed by atoms with van der Waals surface area (Å²) in [6.07, 6.45) is 2.84. The van der Waals surface area contributed by atoms with Gasteiger partial charge in [0.2, 0.25) is 0 Å². The fourth-order valence-electron chi connectivity index (χ4n) is 2.42. The molecule has 3 aromatic rings. The first-order valence-electron chi connectivity index (χ1n) is 9.42. The molecule has 0 aliphatic heterocycles. The second kappa shape index (κ2) is 11.3. The largest absolute Gasteiger partial charge is 0.484 e. The quantitative estimate of drug-likeness (QED) is 0.274. The van der Waals surface area contributed by atoms with Gasteiger partial charge in [0.25, 0.3) is 5.91 Å². The summed E-state index contributed by atoms with van der Waals surface area (Å²) in [5, 5.41) is 9.25. The molecule has 0 radical (unpaired) electrons. The van der Waals surface area contributed by atoms with Crippen LogP contribution in [0.2, 0.25) is 5.02 Å². The summed E-state index contributed by atoms with van der Waals surface area (Å²) in [7, 11) is 0. The average molecular weight is 455 g/mol. The third-order valence-electron chi connectivity index (χ3n) is 3.99. The molecule has 1 aromatic heterocycles. The topological polar surface area (TPSA) is 122 Å². The molecule has 0 aliphatic rings. The molecule has 0 saturated heterocycles. The zero-order valence-electron chi connectivity index (χ0n) is 16.7. The molecular weight excluding hydrogens is 436 g/mol. The van der Waals surface area contributed by atoms with Gasteiger partial charge in [-0.05, 0) is 54.1 Å². The van der Waals surface area contributed by atoms with E-state index in [-0.39, 0.29) is 19.1 Å². The summed E-state index contributed by atoms with van der Waals surface area (Å²) in [6.45, 7) is -0.0946. The fraction of sp³-hybridized carbons (Fsp3) is 0.0909. The summed E-state index contributed by atoms with van der Waals surface area (Å²) in [5.74, 6) is -1.09. The third kappa shape index (κ3) is 6.99. The van der Waals surface area contributed by atoms with Gasteiger partial charge >= 0.3 is 11.8 Å². The second-order valence-electron chi connectivity index (χ2n) is 6.35. The fourth-order valence-corrected chi connectivity index (χ4v) is 2.61. The minimum atomic E-state index is -0.905. The molecule has 2 aromatic carbocycles. The Morgan fingerprint density at radius 3 is 2.50 bits per heavy atom. The number of nitrogens with one attached hydrogen (secondary N) is 3. The number of nitrogens with zero attached hydrogens (tertiary/aromatic N) is 1. The predicted octanol–water partition coefficient (Wildman–Crippen LogP) is 2.72. The SMILES string of the molecule is O=C(COc1ccc(/C=N\NC(=O)C(=O)NCc2ccco2)cc1)Nc1ccccc1Cl. The Balaban J connectivity index is 1.40. The number of anilines is 1. The normalized spacial score (nSPS) is 10.5. The maximum absolute atomic E-state index is 12.0. The number of hydrazone groups is 1. The van der Waals surface area contributed by atoms with Gasteiger partial charge in [0, 0.05) is 0 Å². The standard InChI is InChI=1S/C22H19ClN4O5/c23-18-5-1-2-6-19(18)26-20(28)14-32-16-9-7-15(8-10-16)12-25-27-22(30)21(29)24-13-17-4-3-11-31-17/h1-12H,13-14H2,(H,24,29)(H,26,28)(H,27,30)/b25-12-. The van der Waals surface area contributed by atoms with E-state index in [0.717, 1.165) is 0 Å². The van der Waals surface area contributed by atoms with Crippen LogP contribution < -0.4 is 20.8 Å². The molecule has 10 heteroatoms. The molecule has 0 bridgehead atoms. The number of rotatable bonds is 8. The zero-order chi connectivity index (χ0) is 22.8. The number of carbonyl (C=O) groups is 3. The maximum Gasteiger partial charge on any atom is 0.329 e. The Hall–Kier alpha value is -4.11. The van der Waals surface area contributed by atoms with E-state index in [9.17, 15) is 14.4 Å². The van der Waals surface area contributed by atoms with Gasteiger partial charge in [0.15, 0.2) is 6.61 Å². The monoisotopic (exact) mass is 454 g/mol. The minimum Gasteiger partial charge on any atom is -0.484 e. The van der Waals surface area contributed by atoms with Crippen LogP contribution >= 0.6 is 11.6 Å². The van der Waals surface area contributed by atoms with Crippen LogP contribution in [0.15, 0.2) is 76.4 Å². The first-order valence-corrected chi connectivity index (χ1v) is 9.80. The Morgan fingerprint density at radius 2 is 1.78 bits per heavy atom. The molecule has 0 unspecified atom stereocenters. The van der Waals surface area contributed by atoms with Crippen LogP contribution in [0.5, 0.6) is 5.75 Å². The van der Waals surface area contributed by atoms with Crippen molar-refractivity contribution < 1.29 is 23.5 Å². The van der Waals surface area contributed by atoms with E-state index in [0.29, 0.717) is 27.8 Å². The lowest BCUT2D eigenvalue weighted by atomic mass is 10.2. The minimum absolute atomic E-state index is 0.0981. The van der Waals surface area contributed by atoms with E-state index < -0.39 is 11.8 Å². The van der Waals surface area contributed by atoms with Crippen LogP contribution in [-0.4, -0.2) is 30.5 Å². The average Bonchev–Trinajstić information content (AvgIpc) is 3.32. The van der Waals surface area contributed by atoms with Crippen molar-refractivity contribution >= 4 is 41.2 Å². The van der Waals surface area contributed by atoms with Crippen molar-refractivity contribution in [1.82, 2.24) is 10.7 Å². The predicted molar refractivity (Wildman–Crippen MR) is 118 cm³/mol. The highest BCUT2D eigenvalue weighted by Crippen LogP contribution is 2.20. The highest BCUT2D eigenvalue weighted by molar-refractivity contribution is 6.35. The van der Waals surface area contributed by atoms with Crippen molar-refractivity contribution in [2.75, 3.05) is 11.9 Å². The van der Waals surface area contributed by atoms with Gasteiger partial charge < -0.3 is 19.8 Å². The van der Waals surface area contributed by atoms with E-state index in [2.05, 4.69) is 21.2 Å². The summed E-state index contributed by atoms with van der Waals surface area (Å²) in [4.78, 5) is 35.4. The van der Waals surface area contributed by atoms with Gasteiger partial charge in [-0.2, -0.15) is 5.10 Å². The van der Waals surface area contributed by atoms with Crippen molar-refractivity contribution in [2.24, 2.45) is 5.10 Å². The number of hydrogen-bond acceptors (Lipinski definition) is 6. The van der Waals surface area contributed by atoms with Crippen molar-refractivity contribution in [3.05, 3.63) is 83.3 Å². The van der Waals surface area contributed by atoms with Crippen LogP contribution in [0.25, 0.3) is 0 Å². The van der Waals surface area contributed by atoms with Gasteiger partial charge in [0.05, 0.1) is 29.7 Å². The van der Waals surface area contributed by atoms with Crippen molar-refractivity contribution in [3.63, 3.8) is 0 Å². The van der Waals surface area contributed by atoms with Crippen molar-refractivity contribution in [2.45, 2.75) is 6.54 Å². The lowest BCUT2D eigenvalue weighted by Gasteiger charge is -2.08. The molecular formula is C22H19ClN4O5. The molecule has 3 N–H and O–H groups in total. The van der Waals surface area contributed by atoms with E-state index in [1.54, 1.807) is 60.7 Å². The zero-order valence-corrected chi connectivity index (χ0v) is 17.5. The number of carbonyl (C=O) groups excluding carboxylic acids is 3. The molecule has 0 saturated carbocycles. The summed E-state index contributed by atoms with van der Waals surface area (Å²) >= 11 is 6.00. The Morgan fingerprint density at radius 1 is 1.00 bits per heavy atom. The first-order chi connectivity index (χ1) is 15.5. The smallest absolute Gasteiger partial charge is 0.329 e. The van der Waals surface area contributed by atoms with Gasteiger partial charge in [-0.25, -0.2) is 5.43 Å². The molecule has 0 aliphatic carbocycles.